The fourth-order valence-corrected chi connectivity index (χ4v) is 3.56. The first-order valence-corrected chi connectivity index (χ1v) is 8.23. The van der Waals surface area contributed by atoms with Crippen LogP contribution in [0.25, 0.3) is 0 Å². The molecule has 0 aliphatic carbocycles. The summed E-state index contributed by atoms with van der Waals surface area (Å²) in [6, 6.07) is 12.7. The number of carboxylic acids is 1. The predicted molar refractivity (Wildman–Crippen MR) is 86.4 cm³/mol. The van der Waals surface area contributed by atoms with Crippen molar-refractivity contribution in [3.63, 3.8) is 0 Å². The van der Waals surface area contributed by atoms with Crippen LogP contribution in [-0.4, -0.2) is 33.7 Å². The van der Waals surface area contributed by atoms with Gasteiger partial charge in [-0.25, -0.2) is 8.42 Å². The molecule has 0 spiro atoms. The average molecular weight is 335 g/mol. The zero-order valence-electron chi connectivity index (χ0n) is 12.8. The number of sulfonamides is 1. The molecule has 0 heterocycles. The third-order valence-electron chi connectivity index (χ3n) is 3.39. The molecule has 0 aliphatic heterocycles. The van der Waals surface area contributed by atoms with Gasteiger partial charge in [-0.05, 0) is 35.9 Å². The maximum Gasteiger partial charge on any atom is 0.307 e. The van der Waals surface area contributed by atoms with E-state index in [1.54, 1.807) is 36.4 Å². The van der Waals surface area contributed by atoms with Gasteiger partial charge in [0.05, 0.1) is 24.1 Å². The number of carboxylic acid groups (broad SMARTS) is 1. The fourth-order valence-electron chi connectivity index (χ4n) is 2.14. The monoisotopic (exact) mass is 335 g/mol. The highest BCUT2D eigenvalue weighted by molar-refractivity contribution is 7.92. The quantitative estimate of drug-likeness (QED) is 0.874. The number of anilines is 1. The van der Waals surface area contributed by atoms with Crippen LogP contribution in [0.4, 0.5) is 5.69 Å². The van der Waals surface area contributed by atoms with E-state index in [-0.39, 0.29) is 16.9 Å². The van der Waals surface area contributed by atoms with Crippen molar-refractivity contribution in [3.8, 4) is 5.75 Å². The summed E-state index contributed by atoms with van der Waals surface area (Å²) in [7, 11) is -0.908. The molecular weight excluding hydrogens is 318 g/mol. The molecule has 0 unspecified atom stereocenters. The van der Waals surface area contributed by atoms with E-state index in [1.165, 1.54) is 26.3 Å². The van der Waals surface area contributed by atoms with Gasteiger partial charge < -0.3 is 9.84 Å². The molecule has 2 aromatic rings. The summed E-state index contributed by atoms with van der Waals surface area (Å²) in [6.45, 7) is 0. The van der Waals surface area contributed by atoms with Gasteiger partial charge in [-0.1, -0.05) is 18.2 Å². The van der Waals surface area contributed by atoms with Crippen molar-refractivity contribution >= 4 is 21.7 Å². The van der Waals surface area contributed by atoms with Crippen LogP contribution < -0.4 is 9.04 Å². The van der Waals surface area contributed by atoms with Crippen LogP contribution in [0.5, 0.6) is 5.75 Å². The first-order chi connectivity index (χ1) is 10.9. The summed E-state index contributed by atoms with van der Waals surface area (Å²) in [6.07, 6.45) is -0.355. The second-order valence-corrected chi connectivity index (χ2v) is 6.79. The van der Waals surface area contributed by atoms with Crippen LogP contribution in [-0.2, 0) is 21.2 Å². The summed E-state index contributed by atoms with van der Waals surface area (Å²) in [5.74, 6) is -0.467. The number of aliphatic carboxylic acids is 1. The van der Waals surface area contributed by atoms with E-state index in [1.807, 2.05) is 0 Å². The maximum absolute atomic E-state index is 12.8. The summed E-state index contributed by atoms with van der Waals surface area (Å²) in [5, 5.41) is 8.95. The number of rotatable bonds is 6. The topological polar surface area (TPSA) is 83.9 Å². The van der Waals surface area contributed by atoms with E-state index in [0.717, 1.165) is 4.31 Å². The number of carbonyl (C=O) groups is 1. The minimum atomic E-state index is -3.86. The molecule has 0 saturated heterocycles. The number of methoxy groups -OCH3 is 1. The van der Waals surface area contributed by atoms with Gasteiger partial charge in [0.2, 0.25) is 0 Å². The number of hydrogen-bond donors (Lipinski definition) is 1. The van der Waals surface area contributed by atoms with Crippen LogP contribution in [0.3, 0.4) is 0 Å². The lowest BCUT2D eigenvalue weighted by atomic mass is 10.1. The molecule has 0 fully saturated rings. The largest absolute Gasteiger partial charge is 0.497 e. The minimum absolute atomic E-state index is 0.0132. The molecule has 0 aromatic heterocycles. The molecule has 7 heteroatoms. The third kappa shape index (κ3) is 3.62. The van der Waals surface area contributed by atoms with E-state index in [4.69, 9.17) is 9.84 Å². The van der Waals surface area contributed by atoms with Crippen molar-refractivity contribution in [2.75, 3.05) is 18.5 Å². The van der Waals surface area contributed by atoms with E-state index in [2.05, 4.69) is 0 Å². The van der Waals surface area contributed by atoms with Crippen molar-refractivity contribution in [1.29, 1.82) is 0 Å². The summed E-state index contributed by atoms with van der Waals surface area (Å²) in [4.78, 5) is 10.9. The van der Waals surface area contributed by atoms with Crippen molar-refractivity contribution in [1.82, 2.24) is 0 Å². The van der Waals surface area contributed by atoms with Gasteiger partial charge in [0.1, 0.15) is 5.75 Å². The standard InChI is InChI=1S/C16H17NO5S/c1-17(13-7-9-14(22-2)10-8-13)23(20,21)15-6-4-3-5-12(15)11-16(18)19/h3-10H,11H2,1-2H3,(H,18,19). The van der Waals surface area contributed by atoms with E-state index in [0.29, 0.717) is 11.4 Å². The highest BCUT2D eigenvalue weighted by Gasteiger charge is 2.24. The molecule has 2 rings (SSSR count). The van der Waals surface area contributed by atoms with Gasteiger partial charge in [-0.3, -0.25) is 9.10 Å². The molecule has 0 atom stereocenters. The van der Waals surface area contributed by atoms with Crippen LogP contribution in [0.15, 0.2) is 53.4 Å². The first-order valence-electron chi connectivity index (χ1n) is 6.79. The Morgan fingerprint density at radius 2 is 1.74 bits per heavy atom. The minimum Gasteiger partial charge on any atom is -0.497 e. The lowest BCUT2D eigenvalue weighted by Gasteiger charge is -2.21. The molecule has 0 amide bonds. The lowest BCUT2D eigenvalue weighted by molar-refractivity contribution is -0.136. The zero-order valence-corrected chi connectivity index (χ0v) is 13.6. The van der Waals surface area contributed by atoms with Gasteiger partial charge >= 0.3 is 5.97 Å². The SMILES string of the molecule is COc1ccc(N(C)S(=O)(=O)c2ccccc2CC(=O)O)cc1. The summed E-state index contributed by atoms with van der Waals surface area (Å²) >= 11 is 0. The van der Waals surface area contributed by atoms with E-state index < -0.39 is 16.0 Å². The molecule has 0 radical (unpaired) electrons. The summed E-state index contributed by atoms with van der Waals surface area (Å²) in [5.41, 5.74) is 0.705. The highest BCUT2D eigenvalue weighted by Crippen LogP contribution is 2.26. The molecule has 0 aliphatic rings. The van der Waals surface area contributed by atoms with E-state index >= 15 is 0 Å². The van der Waals surface area contributed by atoms with Gasteiger partial charge in [-0.2, -0.15) is 0 Å². The van der Waals surface area contributed by atoms with Gasteiger partial charge in [0.15, 0.2) is 0 Å². The van der Waals surface area contributed by atoms with Crippen LogP contribution in [0, 0.1) is 0 Å². The van der Waals surface area contributed by atoms with Crippen molar-refractivity contribution in [2.24, 2.45) is 0 Å². The van der Waals surface area contributed by atoms with Crippen molar-refractivity contribution < 1.29 is 23.1 Å². The average Bonchev–Trinajstić information content (AvgIpc) is 2.54. The highest BCUT2D eigenvalue weighted by atomic mass is 32.2. The van der Waals surface area contributed by atoms with Crippen molar-refractivity contribution in [2.45, 2.75) is 11.3 Å². The van der Waals surface area contributed by atoms with Crippen LogP contribution in [0.1, 0.15) is 5.56 Å². The predicted octanol–water partition coefficient (Wildman–Crippen LogP) is 2.15. The fraction of sp³-hybridized carbons (Fsp3) is 0.188. The number of nitrogens with zero attached hydrogens (tertiary/aromatic N) is 1. The number of ether oxygens (including phenoxy) is 1. The Labute approximate surface area is 135 Å². The maximum atomic E-state index is 12.8. The first kappa shape index (κ1) is 16.8. The smallest absolute Gasteiger partial charge is 0.307 e. The molecule has 0 saturated carbocycles. The van der Waals surface area contributed by atoms with E-state index in [9.17, 15) is 13.2 Å². The second kappa shape index (κ2) is 6.70. The molecule has 122 valence electrons. The van der Waals surface area contributed by atoms with Gasteiger partial charge in [0.25, 0.3) is 10.0 Å². The van der Waals surface area contributed by atoms with Gasteiger partial charge in [-0.15, -0.1) is 0 Å². The second-order valence-electron chi connectivity index (χ2n) is 4.85. The molecule has 1 N–H and O–H groups in total. The Bertz CT molecular complexity index is 799. The lowest BCUT2D eigenvalue weighted by Crippen LogP contribution is -2.27. The number of benzene rings is 2. The van der Waals surface area contributed by atoms with Crippen molar-refractivity contribution in [3.05, 3.63) is 54.1 Å². The van der Waals surface area contributed by atoms with Crippen LogP contribution >= 0.6 is 0 Å². The van der Waals surface area contributed by atoms with Gasteiger partial charge in [0, 0.05) is 7.05 Å². The Balaban J connectivity index is 2.42. The van der Waals surface area contributed by atoms with Crippen LogP contribution in [0.2, 0.25) is 0 Å². The Kier molecular flexibility index (Phi) is 4.90. The Morgan fingerprint density at radius 1 is 1.13 bits per heavy atom. The zero-order chi connectivity index (χ0) is 17.0. The Hall–Kier alpha value is -2.54. The molecule has 6 nitrogen and oxygen atoms in total. The Morgan fingerprint density at radius 3 is 2.30 bits per heavy atom. The molecule has 23 heavy (non-hydrogen) atoms. The number of hydrogen-bond acceptors (Lipinski definition) is 4. The molecule has 0 bridgehead atoms. The normalized spacial score (nSPS) is 11.0. The molecule has 2 aromatic carbocycles. The third-order valence-corrected chi connectivity index (χ3v) is 5.27. The summed E-state index contributed by atoms with van der Waals surface area (Å²) < 4.78 is 31.7. The molecular formula is C16H17NO5S.